The zero-order chi connectivity index (χ0) is 19.8. The predicted molar refractivity (Wildman–Crippen MR) is 128 cm³/mol. The molecule has 3 heterocycles. The van der Waals surface area contributed by atoms with Gasteiger partial charge in [0.05, 0.1) is 31.0 Å². The second-order valence-electron chi connectivity index (χ2n) is 7.06. The summed E-state index contributed by atoms with van der Waals surface area (Å²) in [4.78, 5) is 15.9. The van der Waals surface area contributed by atoms with E-state index in [9.17, 15) is 0 Å². The van der Waals surface area contributed by atoms with E-state index in [-0.39, 0.29) is 36.2 Å². The van der Waals surface area contributed by atoms with E-state index in [0.29, 0.717) is 13.1 Å². The largest absolute Gasteiger partial charge is 0.372 e. The lowest BCUT2D eigenvalue weighted by molar-refractivity contribution is -0.00545. The number of aliphatic imine (C=N–C) groups is 1. The summed E-state index contributed by atoms with van der Waals surface area (Å²) in [5.74, 6) is 1.77. The molecule has 0 aliphatic carbocycles. The summed E-state index contributed by atoms with van der Waals surface area (Å²) in [6.45, 7) is 10.0. The van der Waals surface area contributed by atoms with E-state index in [1.54, 1.807) is 6.20 Å². The molecule has 3 rings (SSSR count). The predicted octanol–water partition coefficient (Wildman–Crippen LogP) is 2.96. The Morgan fingerprint density at radius 1 is 1.14 bits per heavy atom. The van der Waals surface area contributed by atoms with Crippen LogP contribution in [0, 0.1) is 0 Å². The minimum atomic E-state index is 0. The van der Waals surface area contributed by atoms with Gasteiger partial charge in [-0.05, 0) is 44.5 Å². The van der Waals surface area contributed by atoms with Crippen LogP contribution in [0.3, 0.4) is 0 Å². The topological polar surface area (TPSA) is 74.7 Å². The molecular weight excluding hydrogens is 479 g/mol. The van der Waals surface area contributed by atoms with Crippen molar-refractivity contribution < 1.29 is 4.74 Å². The van der Waals surface area contributed by atoms with Gasteiger partial charge in [-0.1, -0.05) is 12.1 Å². The summed E-state index contributed by atoms with van der Waals surface area (Å²) in [5, 5.41) is 6.58. The van der Waals surface area contributed by atoms with Gasteiger partial charge < -0.3 is 20.3 Å². The molecule has 1 fully saturated rings. The van der Waals surface area contributed by atoms with E-state index < -0.39 is 0 Å². The molecule has 2 aromatic rings. The molecule has 0 aromatic carbocycles. The summed E-state index contributed by atoms with van der Waals surface area (Å²) in [7, 11) is 0. The van der Waals surface area contributed by atoms with Gasteiger partial charge in [-0.3, -0.25) is 4.98 Å². The van der Waals surface area contributed by atoms with E-state index in [1.165, 1.54) is 0 Å². The number of rotatable bonds is 6. The number of ether oxygens (including phenoxy) is 1. The van der Waals surface area contributed by atoms with Crippen molar-refractivity contribution in [1.29, 1.82) is 0 Å². The molecule has 8 heteroatoms. The van der Waals surface area contributed by atoms with E-state index in [0.717, 1.165) is 42.7 Å². The highest BCUT2D eigenvalue weighted by atomic mass is 127. The highest BCUT2D eigenvalue weighted by Crippen LogP contribution is 2.18. The fourth-order valence-electron chi connectivity index (χ4n) is 3.25. The average molecular weight is 510 g/mol. The van der Waals surface area contributed by atoms with Gasteiger partial charge in [0, 0.05) is 32.0 Å². The molecule has 0 amide bonds. The van der Waals surface area contributed by atoms with Crippen molar-refractivity contribution in [3.8, 4) is 0 Å². The normalized spacial score (nSPS) is 19.4. The van der Waals surface area contributed by atoms with E-state index in [4.69, 9.17) is 4.74 Å². The number of morpholine rings is 1. The van der Waals surface area contributed by atoms with Crippen LogP contribution in [0.4, 0.5) is 5.82 Å². The molecule has 1 aliphatic rings. The highest BCUT2D eigenvalue weighted by molar-refractivity contribution is 14.0. The fraction of sp³-hybridized carbons (Fsp3) is 0.476. The molecule has 0 bridgehead atoms. The third-order valence-corrected chi connectivity index (χ3v) is 4.48. The average Bonchev–Trinajstić information content (AvgIpc) is 2.70. The van der Waals surface area contributed by atoms with Crippen molar-refractivity contribution in [3.05, 3.63) is 54.0 Å². The smallest absolute Gasteiger partial charge is 0.191 e. The Kier molecular flexibility index (Phi) is 9.59. The lowest BCUT2D eigenvalue weighted by atomic mass is 10.2. The van der Waals surface area contributed by atoms with Gasteiger partial charge in [-0.2, -0.15) is 0 Å². The van der Waals surface area contributed by atoms with Crippen LogP contribution in [0.1, 0.15) is 32.0 Å². The van der Waals surface area contributed by atoms with Crippen molar-refractivity contribution in [2.45, 2.75) is 46.1 Å². The maximum atomic E-state index is 5.80. The summed E-state index contributed by atoms with van der Waals surface area (Å²) in [6, 6.07) is 10.1. The van der Waals surface area contributed by atoms with Gasteiger partial charge in [-0.25, -0.2) is 9.98 Å². The second kappa shape index (κ2) is 11.9. The molecule has 0 spiro atoms. The number of pyridine rings is 2. The monoisotopic (exact) mass is 510 g/mol. The van der Waals surface area contributed by atoms with Crippen molar-refractivity contribution in [3.63, 3.8) is 0 Å². The first-order valence-corrected chi connectivity index (χ1v) is 9.91. The zero-order valence-electron chi connectivity index (χ0n) is 17.3. The van der Waals surface area contributed by atoms with Crippen LogP contribution < -0.4 is 15.5 Å². The number of aromatic nitrogens is 2. The van der Waals surface area contributed by atoms with Crippen LogP contribution in [-0.4, -0.2) is 47.8 Å². The molecule has 2 N–H and O–H groups in total. The molecule has 0 radical (unpaired) electrons. The van der Waals surface area contributed by atoms with Crippen molar-refractivity contribution in [2.75, 3.05) is 24.5 Å². The molecule has 2 aromatic heterocycles. The summed E-state index contributed by atoms with van der Waals surface area (Å²) in [5.41, 5.74) is 2.06. The van der Waals surface area contributed by atoms with Crippen LogP contribution in [0.2, 0.25) is 0 Å². The summed E-state index contributed by atoms with van der Waals surface area (Å²) >= 11 is 0. The van der Waals surface area contributed by atoms with E-state index in [2.05, 4.69) is 63.4 Å². The van der Waals surface area contributed by atoms with Crippen LogP contribution in [0.15, 0.2) is 47.7 Å². The summed E-state index contributed by atoms with van der Waals surface area (Å²) < 4.78 is 5.80. The lowest BCUT2D eigenvalue weighted by Gasteiger charge is -2.36. The third kappa shape index (κ3) is 7.43. The number of hydrogen-bond donors (Lipinski definition) is 2. The summed E-state index contributed by atoms with van der Waals surface area (Å²) in [6.07, 6.45) is 4.15. The van der Waals surface area contributed by atoms with Gasteiger partial charge in [0.15, 0.2) is 5.96 Å². The number of hydrogen-bond acceptors (Lipinski definition) is 5. The number of nitrogens with one attached hydrogen (secondary N) is 2. The van der Waals surface area contributed by atoms with Gasteiger partial charge >= 0.3 is 0 Å². The number of anilines is 1. The highest BCUT2D eigenvalue weighted by Gasteiger charge is 2.22. The first kappa shape index (κ1) is 23.3. The first-order chi connectivity index (χ1) is 13.6. The third-order valence-electron chi connectivity index (χ3n) is 4.48. The molecule has 1 aliphatic heterocycles. The van der Waals surface area contributed by atoms with Crippen LogP contribution in [0.25, 0.3) is 0 Å². The Balaban J connectivity index is 0.00000300. The Morgan fingerprint density at radius 2 is 1.93 bits per heavy atom. The van der Waals surface area contributed by atoms with E-state index >= 15 is 0 Å². The molecule has 0 saturated carbocycles. The van der Waals surface area contributed by atoms with Crippen molar-refractivity contribution >= 4 is 35.8 Å². The molecule has 1 saturated heterocycles. The maximum Gasteiger partial charge on any atom is 0.191 e. The van der Waals surface area contributed by atoms with Crippen LogP contribution >= 0.6 is 24.0 Å². The number of halogens is 1. The zero-order valence-corrected chi connectivity index (χ0v) is 19.7. The first-order valence-electron chi connectivity index (χ1n) is 9.91. The van der Waals surface area contributed by atoms with Gasteiger partial charge in [0.2, 0.25) is 0 Å². The Bertz CT molecular complexity index is 746. The Morgan fingerprint density at radius 3 is 2.55 bits per heavy atom. The van der Waals surface area contributed by atoms with Crippen molar-refractivity contribution in [2.24, 2.45) is 4.99 Å². The lowest BCUT2D eigenvalue weighted by Crippen LogP contribution is -2.45. The molecule has 158 valence electrons. The number of guanidine groups is 1. The van der Waals surface area contributed by atoms with Gasteiger partial charge in [0.25, 0.3) is 0 Å². The number of nitrogens with zero attached hydrogens (tertiary/aromatic N) is 4. The Labute approximate surface area is 190 Å². The van der Waals surface area contributed by atoms with E-state index in [1.807, 2.05) is 24.4 Å². The minimum Gasteiger partial charge on any atom is -0.372 e. The molecule has 29 heavy (non-hydrogen) atoms. The molecular formula is C21H31IN6O. The Hall–Kier alpha value is -1.94. The standard InChI is InChI=1S/C21H30N6O.HI/c1-4-22-21(26-13-19-7-5-6-10-23-19)25-12-18-8-9-20(24-11-18)27-14-16(2)28-17(3)15-27;/h5-11,16-17H,4,12-15H2,1-3H3,(H2,22,25,26);1H. The molecule has 2 unspecified atom stereocenters. The molecule has 2 atom stereocenters. The van der Waals surface area contributed by atoms with Crippen LogP contribution in [-0.2, 0) is 17.8 Å². The second-order valence-corrected chi connectivity index (χ2v) is 7.06. The quantitative estimate of drug-likeness (QED) is 0.354. The van der Waals surface area contributed by atoms with Gasteiger partial charge in [0.1, 0.15) is 5.82 Å². The minimum absolute atomic E-state index is 0. The van der Waals surface area contributed by atoms with Crippen LogP contribution in [0.5, 0.6) is 0 Å². The maximum absolute atomic E-state index is 5.80. The SMILES string of the molecule is CCNC(=NCc1ccc(N2CC(C)OC(C)C2)nc1)NCc1ccccn1.I. The fourth-order valence-corrected chi connectivity index (χ4v) is 3.25. The molecule has 7 nitrogen and oxygen atoms in total. The van der Waals surface area contributed by atoms with Crippen molar-refractivity contribution in [1.82, 2.24) is 20.6 Å². The van der Waals surface area contributed by atoms with Gasteiger partial charge in [-0.15, -0.1) is 24.0 Å².